The molecule has 0 saturated heterocycles. The molecule has 3 N–H and O–H groups in total. The van der Waals surface area contributed by atoms with E-state index in [1.54, 1.807) is 18.7 Å². The monoisotopic (exact) mass is 196 g/mol. The highest BCUT2D eigenvalue weighted by atomic mass is 16.2. The highest BCUT2D eigenvalue weighted by Gasteiger charge is 2.10. The molecule has 1 aromatic rings. The summed E-state index contributed by atoms with van der Waals surface area (Å²) in [4.78, 5) is 11.3. The van der Waals surface area contributed by atoms with Crippen LogP contribution in [0.1, 0.15) is 19.5 Å². The van der Waals surface area contributed by atoms with E-state index in [1.165, 1.54) is 0 Å². The summed E-state index contributed by atoms with van der Waals surface area (Å²) in [6, 6.07) is 1.34. The third-order valence-corrected chi connectivity index (χ3v) is 1.96. The summed E-state index contributed by atoms with van der Waals surface area (Å²) in [5, 5.41) is 6.90. The summed E-state index contributed by atoms with van der Waals surface area (Å²) < 4.78 is 1.64. The molecule has 0 fully saturated rings. The van der Waals surface area contributed by atoms with Gasteiger partial charge in [-0.25, -0.2) is 0 Å². The topological polar surface area (TPSA) is 72.9 Å². The van der Waals surface area contributed by atoms with Crippen molar-refractivity contribution < 1.29 is 4.79 Å². The lowest BCUT2D eigenvalue weighted by Crippen LogP contribution is -2.33. The Labute approximate surface area is 83.3 Å². The molecule has 0 aromatic carbocycles. The Bertz CT molecular complexity index is 330. The molecule has 1 heterocycles. The molecular weight excluding hydrogens is 180 g/mol. The molecular formula is C9H16N4O. The number of nitrogens with one attached hydrogen (secondary N) is 1. The van der Waals surface area contributed by atoms with E-state index in [4.69, 9.17) is 5.73 Å². The van der Waals surface area contributed by atoms with Gasteiger partial charge in [-0.1, -0.05) is 6.92 Å². The van der Waals surface area contributed by atoms with Crippen LogP contribution in [0, 0.1) is 0 Å². The quantitative estimate of drug-likeness (QED) is 0.728. The molecule has 0 saturated carbocycles. The van der Waals surface area contributed by atoms with Gasteiger partial charge in [0.2, 0.25) is 5.91 Å². The van der Waals surface area contributed by atoms with Crippen molar-refractivity contribution in [2.45, 2.75) is 26.3 Å². The smallest absolute Gasteiger partial charge is 0.242 e. The minimum Gasteiger partial charge on any atom is -0.320 e. The zero-order chi connectivity index (χ0) is 10.7. The summed E-state index contributed by atoms with van der Waals surface area (Å²) in [5.41, 5.74) is 6.38. The van der Waals surface area contributed by atoms with E-state index in [0.717, 1.165) is 12.1 Å². The first-order chi connectivity index (χ1) is 6.54. The number of hydrogen-bond donors (Lipinski definition) is 2. The number of aryl methyl sites for hydroxylation is 2. The van der Waals surface area contributed by atoms with Crippen LogP contribution in [0.25, 0.3) is 0 Å². The average Bonchev–Trinajstić information content (AvgIpc) is 2.47. The number of nitrogens with two attached hydrogens (primary N) is 1. The Kier molecular flexibility index (Phi) is 3.24. The molecule has 5 heteroatoms. The van der Waals surface area contributed by atoms with Crippen LogP contribution in [0.15, 0.2) is 6.07 Å². The molecule has 0 bridgehead atoms. The maximum Gasteiger partial charge on any atom is 0.242 e. The maximum atomic E-state index is 11.3. The van der Waals surface area contributed by atoms with Gasteiger partial charge in [0.05, 0.1) is 11.7 Å². The minimum absolute atomic E-state index is 0.198. The Hall–Kier alpha value is -1.36. The van der Waals surface area contributed by atoms with Gasteiger partial charge >= 0.3 is 0 Å². The normalized spacial score (nSPS) is 12.6. The second-order valence-electron chi connectivity index (χ2n) is 3.28. The zero-order valence-electron chi connectivity index (χ0n) is 8.74. The van der Waals surface area contributed by atoms with Crippen molar-refractivity contribution in [3.63, 3.8) is 0 Å². The highest BCUT2D eigenvalue weighted by molar-refractivity contribution is 5.93. The molecule has 0 spiro atoms. The van der Waals surface area contributed by atoms with Crippen LogP contribution < -0.4 is 11.1 Å². The van der Waals surface area contributed by atoms with Crippen LogP contribution in [0.4, 0.5) is 5.82 Å². The van der Waals surface area contributed by atoms with Gasteiger partial charge in [0, 0.05) is 13.1 Å². The van der Waals surface area contributed by atoms with E-state index in [9.17, 15) is 4.79 Å². The van der Waals surface area contributed by atoms with E-state index in [0.29, 0.717) is 5.82 Å². The summed E-state index contributed by atoms with van der Waals surface area (Å²) in [7, 11) is 1.79. The van der Waals surface area contributed by atoms with Crippen LogP contribution in [0.5, 0.6) is 0 Å². The molecule has 0 aliphatic heterocycles. The maximum absolute atomic E-state index is 11.3. The third-order valence-electron chi connectivity index (χ3n) is 1.96. The summed E-state index contributed by atoms with van der Waals surface area (Å²) >= 11 is 0. The molecule has 14 heavy (non-hydrogen) atoms. The fourth-order valence-corrected chi connectivity index (χ4v) is 1.06. The van der Waals surface area contributed by atoms with Crippen molar-refractivity contribution in [3.05, 3.63) is 11.8 Å². The largest absolute Gasteiger partial charge is 0.320 e. The molecule has 0 aliphatic rings. The van der Waals surface area contributed by atoms with Crippen LogP contribution in [-0.2, 0) is 18.3 Å². The first kappa shape index (κ1) is 10.7. The summed E-state index contributed by atoms with van der Waals surface area (Å²) in [5.74, 6) is 0.486. The fourth-order valence-electron chi connectivity index (χ4n) is 1.06. The first-order valence-electron chi connectivity index (χ1n) is 4.64. The van der Waals surface area contributed by atoms with Crippen molar-refractivity contribution in [1.82, 2.24) is 9.78 Å². The molecule has 78 valence electrons. The van der Waals surface area contributed by atoms with Crippen molar-refractivity contribution in [1.29, 1.82) is 0 Å². The van der Waals surface area contributed by atoms with Crippen molar-refractivity contribution in [2.75, 3.05) is 5.32 Å². The lowest BCUT2D eigenvalue weighted by atomic mass is 10.3. The van der Waals surface area contributed by atoms with Crippen LogP contribution in [0.2, 0.25) is 0 Å². The van der Waals surface area contributed by atoms with Crippen LogP contribution in [-0.4, -0.2) is 21.7 Å². The highest BCUT2D eigenvalue weighted by Crippen LogP contribution is 2.09. The van der Waals surface area contributed by atoms with Crippen molar-refractivity contribution in [3.8, 4) is 0 Å². The van der Waals surface area contributed by atoms with E-state index in [1.807, 2.05) is 13.0 Å². The Morgan fingerprint density at radius 3 is 2.86 bits per heavy atom. The van der Waals surface area contributed by atoms with Crippen molar-refractivity contribution >= 4 is 11.7 Å². The molecule has 1 unspecified atom stereocenters. The van der Waals surface area contributed by atoms with E-state index in [-0.39, 0.29) is 5.91 Å². The Morgan fingerprint density at radius 1 is 1.79 bits per heavy atom. The third kappa shape index (κ3) is 2.32. The second kappa shape index (κ2) is 4.23. The lowest BCUT2D eigenvalue weighted by Gasteiger charge is -2.06. The van der Waals surface area contributed by atoms with Crippen molar-refractivity contribution in [2.24, 2.45) is 12.8 Å². The lowest BCUT2D eigenvalue weighted by molar-refractivity contribution is -0.117. The molecule has 5 nitrogen and oxygen atoms in total. The fraction of sp³-hybridized carbons (Fsp3) is 0.556. The number of amides is 1. The molecule has 0 radical (unpaired) electrons. The van der Waals surface area contributed by atoms with Gasteiger partial charge in [-0.3, -0.25) is 9.48 Å². The van der Waals surface area contributed by atoms with E-state index < -0.39 is 6.04 Å². The molecule has 1 aromatic heterocycles. The average molecular weight is 196 g/mol. The van der Waals surface area contributed by atoms with E-state index >= 15 is 0 Å². The van der Waals surface area contributed by atoms with Gasteiger partial charge in [-0.15, -0.1) is 0 Å². The standard InChI is InChI=1S/C9H16N4O/c1-4-7-5-8(13(3)12-7)11-9(14)6(2)10/h5-6H,4,10H2,1-3H3,(H,11,14). The summed E-state index contributed by atoms with van der Waals surface area (Å²) in [6.07, 6.45) is 0.849. The molecule has 1 atom stereocenters. The SMILES string of the molecule is CCc1cc(NC(=O)C(C)N)n(C)n1. The number of aromatic nitrogens is 2. The second-order valence-corrected chi connectivity index (χ2v) is 3.28. The summed E-state index contributed by atoms with van der Waals surface area (Å²) in [6.45, 7) is 3.66. The van der Waals surface area contributed by atoms with Crippen LogP contribution in [0.3, 0.4) is 0 Å². The molecule has 1 rings (SSSR count). The van der Waals surface area contributed by atoms with Gasteiger partial charge in [-0.05, 0) is 13.3 Å². The predicted octanol–water partition coefficient (Wildman–Crippen LogP) is 0.268. The zero-order valence-corrected chi connectivity index (χ0v) is 8.74. The number of anilines is 1. The van der Waals surface area contributed by atoms with Gasteiger partial charge in [0.15, 0.2) is 0 Å². The van der Waals surface area contributed by atoms with Gasteiger partial charge in [-0.2, -0.15) is 5.10 Å². The Balaban J connectivity index is 2.76. The van der Waals surface area contributed by atoms with Gasteiger partial charge in [0.1, 0.15) is 5.82 Å². The number of rotatable bonds is 3. The van der Waals surface area contributed by atoms with Gasteiger partial charge in [0.25, 0.3) is 0 Å². The number of nitrogens with zero attached hydrogens (tertiary/aromatic N) is 2. The Morgan fingerprint density at radius 2 is 2.43 bits per heavy atom. The molecule has 0 aliphatic carbocycles. The van der Waals surface area contributed by atoms with Crippen LogP contribution >= 0.6 is 0 Å². The van der Waals surface area contributed by atoms with E-state index in [2.05, 4.69) is 10.4 Å². The number of carbonyl (C=O) groups excluding carboxylic acids is 1. The first-order valence-corrected chi connectivity index (χ1v) is 4.64. The van der Waals surface area contributed by atoms with Gasteiger partial charge < -0.3 is 11.1 Å². The number of carbonyl (C=O) groups is 1. The minimum atomic E-state index is -0.505. The predicted molar refractivity (Wildman–Crippen MR) is 54.9 cm³/mol. The number of hydrogen-bond acceptors (Lipinski definition) is 3. The molecule has 1 amide bonds.